The lowest BCUT2D eigenvalue weighted by molar-refractivity contribution is 0.265. The third-order valence-corrected chi connectivity index (χ3v) is 3.00. The molecule has 0 aromatic carbocycles. The number of aromatic nitrogens is 1. The third kappa shape index (κ3) is 2.01. The standard InChI is InChI=1S/C11H15FN2O/c1-14-4-2-3-11(14)9-5-8(12)6-13-10(9)7-15/h5-6,11,15H,2-4,7H2,1H3. The Hall–Kier alpha value is -1.00. The molecule has 0 spiro atoms. The van der Waals surface area contributed by atoms with Gasteiger partial charge in [0.15, 0.2) is 0 Å². The predicted octanol–water partition coefficient (Wildman–Crippen LogP) is 1.48. The van der Waals surface area contributed by atoms with Crippen LogP contribution in [0.25, 0.3) is 0 Å². The molecule has 2 rings (SSSR count). The van der Waals surface area contributed by atoms with Crippen molar-refractivity contribution in [2.45, 2.75) is 25.5 Å². The smallest absolute Gasteiger partial charge is 0.141 e. The highest BCUT2D eigenvalue weighted by Crippen LogP contribution is 2.32. The van der Waals surface area contributed by atoms with Crippen LogP contribution in [-0.4, -0.2) is 28.6 Å². The maximum atomic E-state index is 13.1. The molecule has 2 heterocycles. The van der Waals surface area contributed by atoms with E-state index in [9.17, 15) is 4.39 Å². The lowest BCUT2D eigenvalue weighted by Gasteiger charge is -2.21. The molecular formula is C11H15FN2O. The molecule has 4 heteroatoms. The average Bonchev–Trinajstić information content (AvgIpc) is 2.64. The Bertz CT molecular complexity index is 356. The van der Waals surface area contributed by atoms with E-state index in [-0.39, 0.29) is 18.5 Å². The summed E-state index contributed by atoms with van der Waals surface area (Å²) < 4.78 is 13.1. The van der Waals surface area contributed by atoms with Crippen molar-refractivity contribution in [3.8, 4) is 0 Å². The van der Waals surface area contributed by atoms with Crippen molar-refractivity contribution in [1.29, 1.82) is 0 Å². The zero-order valence-corrected chi connectivity index (χ0v) is 8.78. The van der Waals surface area contributed by atoms with Gasteiger partial charge in [0.2, 0.25) is 0 Å². The molecule has 1 fully saturated rings. The van der Waals surface area contributed by atoms with E-state index in [1.54, 1.807) is 0 Å². The summed E-state index contributed by atoms with van der Waals surface area (Å²) in [5.41, 5.74) is 1.42. The first kappa shape index (κ1) is 10.5. The highest BCUT2D eigenvalue weighted by Gasteiger charge is 2.25. The van der Waals surface area contributed by atoms with Gasteiger partial charge in [-0.15, -0.1) is 0 Å². The predicted molar refractivity (Wildman–Crippen MR) is 54.7 cm³/mol. The molecule has 1 aromatic rings. The van der Waals surface area contributed by atoms with Crippen LogP contribution in [-0.2, 0) is 6.61 Å². The van der Waals surface area contributed by atoms with Crippen LogP contribution in [0.5, 0.6) is 0 Å². The Labute approximate surface area is 88.6 Å². The molecule has 3 nitrogen and oxygen atoms in total. The largest absolute Gasteiger partial charge is 0.390 e. The Morgan fingerprint density at radius 3 is 3.07 bits per heavy atom. The number of rotatable bonds is 2. The number of aliphatic hydroxyl groups is 1. The zero-order valence-electron chi connectivity index (χ0n) is 8.78. The van der Waals surface area contributed by atoms with E-state index < -0.39 is 0 Å². The molecule has 15 heavy (non-hydrogen) atoms. The molecule has 1 aliphatic rings. The molecule has 1 saturated heterocycles. The molecule has 1 N–H and O–H groups in total. The van der Waals surface area contributed by atoms with E-state index in [1.165, 1.54) is 6.07 Å². The van der Waals surface area contributed by atoms with Gasteiger partial charge in [0.25, 0.3) is 0 Å². The Morgan fingerprint density at radius 1 is 1.67 bits per heavy atom. The maximum Gasteiger partial charge on any atom is 0.141 e. The molecule has 1 aromatic heterocycles. The lowest BCUT2D eigenvalue weighted by Crippen LogP contribution is -2.19. The van der Waals surface area contributed by atoms with Gasteiger partial charge in [0.05, 0.1) is 18.5 Å². The van der Waals surface area contributed by atoms with E-state index in [0.717, 1.165) is 31.1 Å². The fraction of sp³-hybridized carbons (Fsp3) is 0.545. The van der Waals surface area contributed by atoms with E-state index >= 15 is 0 Å². The summed E-state index contributed by atoms with van der Waals surface area (Å²) in [6, 6.07) is 1.70. The number of hydrogen-bond acceptors (Lipinski definition) is 3. The Kier molecular flexibility index (Phi) is 2.98. The van der Waals surface area contributed by atoms with Crippen molar-refractivity contribution in [2.24, 2.45) is 0 Å². The minimum atomic E-state index is -0.331. The molecule has 1 aliphatic heterocycles. The van der Waals surface area contributed by atoms with Crippen LogP contribution in [0.15, 0.2) is 12.3 Å². The first-order valence-electron chi connectivity index (χ1n) is 5.18. The molecule has 0 saturated carbocycles. The first-order valence-corrected chi connectivity index (χ1v) is 5.18. The highest BCUT2D eigenvalue weighted by atomic mass is 19.1. The summed E-state index contributed by atoms with van der Waals surface area (Å²) in [5.74, 6) is -0.331. The topological polar surface area (TPSA) is 36.4 Å². The second-order valence-corrected chi connectivity index (χ2v) is 3.99. The molecule has 0 amide bonds. The normalized spacial score (nSPS) is 22.2. The molecule has 0 bridgehead atoms. The van der Waals surface area contributed by atoms with Crippen LogP contribution < -0.4 is 0 Å². The fourth-order valence-corrected chi connectivity index (χ4v) is 2.21. The number of pyridine rings is 1. The van der Waals surface area contributed by atoms with E-state index in [2.05, 4.69) is 9.88 Å². The van der Waals surface area contributed by atoms with Crippen LogP contribution in [0.1, 0.15) is 30.1 Å². The SMILES string of the molecule is CN1CCCC1c1cc(F)cnc1CO. The highest BCUT2D eigenvalue weighted by molar-refractivity contribution is 5.24. The van der Waals surface area contributed by atoms with Crippen molar-refractivity contribution in [1.82, 2.24) is 9.88 Å². The monoisotopic (exact) mass is 210 g/mol. The molecule has 1 unspecified atom stereocenters. The second-order valence-electron chi connectivity index (χ2n) is 3.99. The minimum absolute atomic E-state index is 0.125. The summed E-state index contributed by atoms with van der Waals surface area (Å²) in [6.45, 7) is 0.895. The van der Waals surface area contributed by atoms with Crippen LogP contribution in [0.4, 0.5) is 4.39 Å². The zero-order chi connectivity index (χ0) is 10.8. The van der Waals surface area contributed by atoms with Crippen molar-refractivity contribution in [2.75, 3.05) is 13.6 Å². The summed E-state index contributed by atoms with van der Waals surface area (Å²) in [4.78, 5) is 6.10. The Balaban J connectivity index is 2.36. The molecular weight excluding hydrogens is 195 g/mol. The summed E-state index contributed by atoms with van der Waals surface area (Å²) >= 11 is 0. The van der Waals surface area contributed by atoms with Gasteiger partial charge in [-0.25, -0.2) is 4.39 Å². The number of halogens is 1. The van der Waals surface area contributed by atoms with E-state index in [4.69, 9.17) is 5.11 Å². The van der Waals surface area contributed by atoms with Crippen molar-refractivity contribution in [3.05, 3.63) is 29.3 Å². The minimum Gasteiger partial charge on any atom is -0.390 e. The number of likely N-dealkylation sites (tertiary alicyclic amines) is 1. The van der Waals surface area contributed by atoms with Gasteiger partial charge in [0.1, 0.15) is 5.82 Å². The van der Waals surface area contributed by atoms with Gasteiger partial charge in [-0.1, -0.05) is 0 Å². The summed E-state index contributed by atoms with van der Waals surface area (Å²) in [5, 5.41) is 9.15. The second kappa shape index (κ2) is 4.24. The first-order chi connectivity index (χ1) is 7.22. The quantitative estimate of drug-likeness (QED) is 0.803. The molecule has 1 atom stereocenters. The van der Waals surface area contributed by atoms with Gasteiger partial charge in [-0.3, -0.25) is 9.88 Å². The van der Waals surface area contributed by atoms with Crippen LogP contribution in [0, 0.1) is 5.82 Å². The van der Waals surface area contributed by atoms with E-state index in [0.29, 0.717) is 5.69 Å². The lowest BCUT2D eigenvalue weighted by atomic mass is 10.0. The average molecular weight is 210 g/mol. The van der Waals surface area contributed by atoms with Crippen LogP contribution in [0.2, 0.25) is 0 Å². The van der Waals surface area contributed by atoms with Gasteiger partial charge in [-0.05, 0) is 38.1 Å². The summed E-state index contributed by atoms with van der Waals surface area (Å²) in [7, 11) is 2.02. The summed E-state index contributed by atoms with van der Waals surface area (Å²) in [6.07, 6.45) is 3.28. The molecule has 82 valence electrons. The van der Waals surface area contributed by atoms with Crippen molar-refractivity contribution in [3.63, 3.8) is 0 Å². The van der Waals surface area contributed by atoms with Crippen molar-refractivity contribution >= 4 is 0 Å². The van der Waals surface area contributed by atoms with Gasteiger partial charge >= 0.3 is 0 Å². The molecule has 0 radical (unpaired) electrons. The molecule has 0 aliphatic carbocycles. The van der Waals surface area contributed by atoms with Gasteiger partial charge < -0.3 is 5.11 Å². The van der Waals surface area contributed by atoms with Gasteiger partial charge in [-0.2, -0.15) is 0 Å². The number of nitrogens with zero attached hydrogens (tertiary/aromatic N) is 2. The third-order valence-electron chi connectivity index (χ3n) is 3.00. The number of hydrogen-bond donors (Lipinski definition) is 1. The number of aliphatic hydroxyl groups excluding tert-OH is 1. The van der Waals surface area contributed by atoms with Crippen molar-refractivity contribution < 1.29 is 9.50 Å². The van der Waals surface area contributed by atoms with Gasteiger partial charge in [0, 0.05) is 6.04 Å². The fourth-order valence-electron chi connectivity index (χ4n) is 2.21. The van der Waals surface area contributed by atoms with E-state index in [1.807, 2.05) is 7.05 Å². The van der Waals surface area contributed by atoms with Crippen LogP contribution in [0.3, 0.4) is 0 Å². The van der Waals surface area contributed by atoms with Crippen LogP contribution >= 0.6 is 0 Å². The Morgan fingerprint density at radius 2 is 2.47 bits per heavy atom. The maximum absolute atomic E-state index is 13.1.